The molecule has 2 atom stereocenters. The molecule has 0 unspecified atom stereocenters. The normalized spacial score (nSPS) is 16.0. The van der Waals surface area contributed by atoms with E-state index in [9.17, 15) is 66.7 Å². The molecule has 6 amide bonds. The molecule has 17 nitrogen and oxygen atoms in total. The zero-order valence-corrected chi connectivity index (χ0v) is 28.0. The maximum atomic E-state index is 14.6. The van der Waals surface area contributed by atoms with Gasteiger partial charge in [-0.3, -0.25) is 24.1 Å². The molecular formula is C31H26BClF4N6O11. The topological polar surface area (TPSA) is 248 Å². The lowest BCUT2D eigenvalue weighted by molar-refractivity contribution is -0.153. The minimum absolute atomic E-state index is 0.0419. The van der Waals surface area contributed by atoms with E-state index in [-0.39, 0.29) is 43.6 Å². The van der Waals surface area contributed by atoms with Gasteiger partial charge in [-0.1, -0.05) is 17.7 Å². The van der Waals surface area contributed by atoms with Crippen LogP contribution in [0.15, 0.2) is 30.3 Å². The summed E-state index contributed by atoms with van der Waals surface area (Å²) in [5, 5.41) is 45.9. The lowest BCUT2D eigenvalue weighted by atomic mass is 9.72. The molecule has 1 aromatic heterocycles. The summed E-state index contributed by atoms with van der Waals surface area (Å²) in [6, 6.07) is 0.377. The number of aromatic carboxylic acids is 1. The third kappa shape index (κ3) is 8.08. The highest BCUT2D eigenvalue weighted by Crippen LogP contribution is 2.40. The summed E-state index contributed by atoms with van der Waals surface area (Å²) < 4.78 is 60.6. The Morgan fingerprint density at radius 2 is 1.69 bits per heavy atom. The number of fused-ring (bicyclic) bond motifs is 1. The number of urea groups is 1. The van der Waals surface area contributed by atoms with Crippen LogP contribution in [0, 0.1) is 23.5 Å². The second-order valence-electron chi connectivity index (χ2n) is 11.7. The Balaban J connectivity index is 1.28. The van der Waals surface area contributed by atoms with Gasteiger partial charge in [0.15, 0.2) is 17.3 Å². The second-order valence-corrected chi connectivity index (χ2v) is 12.1. The Morgan fingerprint density at radius 1 is 1.00 bits per heavy atom. The maximum Gasteiger partial charge on any atom is 0.547 e. The van der Waals surface area contributed by atoms with E-state index in [2.05, 4.69) is 20.9 Å². The van der Waals surface area contributed by atoms with E-state index in [1.165, 1.54) is 0 Å². The number of aromatic hydroxyl groups is 2. The Hall–Kier alpha value is -6.16. The van der Waals surface area contributed by atoms with E-state index in [0.29, 0.717) is 23.1 Å². The number of carbonyl (C=O) groups is 6. The van der Waals surface area contributed by atoms with Gasteiger partial charge in [0.25, 0.3) is 5.91 Å². The van der Waals surface area contributed by atoms with Crippen molar-refractivity contribution in [3.8, 4) is 17.2 Å². The van der Waals surface area contributed by atoms with Gasteiger partial charge in [0.2, 0.25) is 17.8 Å². The smallest absolute Gasteiger partial charge is 0.534 e. The summed E-state index contributed by atoms with van der Waals surface area (Å²) in [5.41, 5.74) is -1.84. The van der Waals surface area contributed by atoms with E-state index in [4.69, 9.17) is 16.3 Å². The predicted molar refractivity (Wildman–Crippen MR) is 173 cm³/mol. The Kier molecular flexibility index (Phi) is 11.5. The minimum atomic E-state index is -2.10. The van der Waals surface area contributed by atoms with Crippen molar-refractivity contribution in [1.82, 2.24) is 30.7 Å². The molecule has 7 N–H and O–H groups in total. The number of nitrogens with one attached hydrogen (secondary N) is 3. The summed E-state index contributed by atoms with van der Waals surface area (Å²) in [5.74, 6) is -15.9. The highest BCUT2D eigenvalue weighted by Gasteiger charge is 2.42. The molecular weight excluding hydrogens is 755 g/mol. The van der Waals surface area contributed by atoms with Crippen molar-refractivity contribution in [2.24, 2.45) is 0 Å². The van der Waals surface area contributed by atoms with E-state index in [1.807, 2.05) is 0 Å². The Bertz CT molecular complexity index is 2060. The highest BCUT2D eigenvalue weighted by atomic mass is 35.5. The van der Waals surface area contributed by atoms with Gasteiger partial charge in [-0.2, -0.15) is 13.8 Å². The molecule has 0 aliphatic carbocycles. The first-order valence-corrected chi connectivity index (χ1v) is 16.0. The molecule has 0 bridgehead atoms. The monoisotopic (exact) mass is 780 g/mol. The fraction of sp³-hybridized carbons (Fsp3) is 0.258. The first-order valence-electron chi connectivity index (χ1n) is 15.6. The molecule has 0 saturated carbocycles. The van der Waals surface area contributed by atoms with Gasteiger partial charge in [0.1, 0.15) is 23.2 Å². The van der Waals surface area contributed by atoms with Crippen LogP contribution in [0.4, 0.5) is 22.4 Å². The number of carboxylic acid groups (broad SMARTS) is 1. The van der Waals surface area contributed by atoms with Crippen molar-refractivity contribution in [1.29, 1.82) is 0 Å². The molecule has 54 heavy (non-hydrogen) atoms. The van der Waals surface area contributed by atoms with Gasteiger partial charge >= 0.3 is 30.9 Å². The number of phenolic OH excluding ortho intramolecular Hbond substituents is 2. The molecule has 284 valence electrons. The van der Waals surface area contributed by atoms with Crippen molar-refractivity contribution in [2.75, 3.05) is 26.2 Å². The number of nitrogens with zero attached hydrogens (tertiary/aromatic N) is 3. The largest absolute Gasteiger partial charge is 0.547 e. The van der Waals surface area contributed by atoms with E-state index in [1.54, 1.807) is 0 Å². The van der Waals surface area contributed by atoms with Crippen LogP contribution < -0.4 is 20.6 Å². The van der Waals surface area contributed by atoms with Gasteiger partial charge < -0.3 is 45.8 Å². The third-order valence-corrected chi connectivity index (χ3v) is 8.65. The molecule has 1 fully saturated rings. The number of hydrogen-bond acceptors (Lipinski definition) is 11. The van der Waals surface area contributed by atoms with Gasteiger partial charge in [-0.15, -0.1) is 0 Å². The summed E-state index contributed by atoms with van der Waals surface area (Å²) in [6.45, 7) is -0.876. The van der Waals surface area contributed by atoms with Crippen molar-refractivity contribution < 1.29 is 71.3 Å². The van der Waals surface area contributed by atoms with Gasteiger partial charge in [-0.05, 0) is 30.5 Å². The molecule has 2 aliphatic heterocycles. The predicted octanol–water partition coefficient (Wildman–Crippen LogP) is 0.782. The number of imide groups is 1. The molecule has 2 aromatic carbocycles. The number of aromatic nitrogens is 1. The molecule has 3 aromatic rings. The lowest BCUT2D eigenvalue weighted by Gasteiger charge is -2.34. The number of hydrogen-bond donors (Lipinski definition) is 7. The van der Waals surface area contributed by atoms with Gasteiger partial charge in [-0.25, -0.2) is 18.4 Å². The zero-order chi connectivity index (χ0) is 39.6. The third-order valence-electron chi connectivity index (χ3n) is 8.26. The summed E-state index contributed by atoms with van der Waals surface area (Å²) >= 11 is 6.10. The average Bonchev–Trinajstić information content (AvgIpc) is 3.11. The molecule has 3 heterocycles. The standard InChI is InChI=1S/C31H26BClF4N6O11/c33-21-14(11-16(35)23(44)24(21)45)22(27(47)39-17-8-12-2-3-15(34)20(30(50)51)25(12)54-32(17)53)41-31(52)43-7-6-42(28(48)29(43)49)5-1-4-38-26(46)13-9-18(36)40-19(37)10-13/h2-3,9-11,17,22,44-45,53H,1,4-8H2,(H,38,46)(H,39,47)(H,41,52)(H,50,51)/t17-,22+/m0/s1. The molecule has 0 spiro atoms. The molecule has 2 aliphatic rings. The van der Waals surface area contributed by atoms with Crippen LogP contribution in [0.5, 0.6) is 17.2 Å². The quantitative estimate of drug-likeness (QED) is 0.0377. The molecule has 0 radical (unpaired) electrons. The first kappa shape index (κ1) is 39.1. The van der Waals surface area contributed by atoms with Gasteiger partial charge in [0.05, 0.1) is 11.0 Å². The van der Waals surface area contributed by atoms with Crippen LogP contribution in [0.25, 0.3) is 0 Å². The number of benzene rings is 2. The minimum Gasteiger partial charge on any atom is -0.534 e. The first-order chi connectivity index (χ1) is 25.5. The number of amides is 6. The number of halogens is 5. The molecule has 23 heteroatoms. The summed E-state index contributed by atoms with van der Waals surface area (Å²) in [6.07, 6.45) is -0.288. The number of rotatable bonds is 10. The number of piperazine rings is 1. The zero-order valence-electron chi connectivity index (χ0n) is 27.2. The van der Waals surface area contributed by atoms with Crippen molar-refractivity contribution in [2.45, 2.75) is 24.8 Å². The van der Waals surface area contributed by atoms with Crippen LogP contribution in [-0.2, 0) is 20.8 Å². The van der Waals surface area contributed by atoms with Crippen LogP contribution in [0.2, 0.25) is 5.02 Å². The van der Waals surface area contributed by atoms with E-state index in [0.717, 1.165) is 17.0 Å². The Labute approximate surface area is 305 Å². The van der Waals surface area contributed by atoms with E-state index >= 15 is 0 Å². The highest BCUT2D eigenvalue weighted by molar-refractivity contribution is 6.47. The van der Waals surface area contributed by atoms with E-state index < -0.39 is 118 Å². The fourth-order valence-corrected chi connectivity index (χ4v) is 5.85. The van der Waals surface area contributed by atoms with Crippen molar-refractivity contribution in [3.63, 3.8) is 0 Å². The maximum absolute atomic E-state index is 14.6. The number of pyridine rings is 1. The fourth-order valence-electron chi connectivity index (χ4n) is 5.59. The molecule has 1 saturated heterocycles. The van der Waals surface area contributed by atoms with Crippen LogP contribution in [0.3, 0.4) is 0 Å². The molecule has 5 rings (SSSR count). The van der Waals surface area contributed by atoms with Crippen molar-refractivity contribution >= 4 is 54.3 Å². The average molecular weight is 781 g/mol. The number of phenols is 2. The van der Waals surface area contributed by atoms with Crippen molar-refractivity contribution in [3.05, 3.63) is 81.1 Å². The lowest BCUT2D eigenvalue weighted by Crippen LogP contribution is -2.60. The number of carbonyl (C=O) groups excluding carboxylic acids is 5. The summed E-state index contributed by atoms with van der Waals surface area (Å²) in [7, 11) is -2.00. The van der Waals surface area contributed by atoms with Crippen LogP contribution >= 0.6 is 11.6 Å². The van der Waals surface area contributed by atoms with Gasteiger partial charge in [0, 0.05) is 49.4 Å². The summed E-state index contributed by atoms with van der Waals surface area (Å²) in [4.78, 5) is 81.0. The second kappa shape index (κ2) is 15.8. The SMILES string of the molecule is O=C(NCCCN1CCN(C(=O)N[C@@H](C(=O)N[C@H]2Cc3ccc(F)c(C(=O)O)c3OB2O)c2cc(F)c(O)c(O)c2Cl)C(=O)C1=O)c1cc(F)nc(F)c1. The van der Waals surface area contributed by atoms with Crippen LogP contribution in [0.1, 0.15) is 44.3 Å². The van der Waals surface area contributed by atoms with Crippen LogP contribution in [-0.4, -0.2) is 110 Å². The Morgan fingerprint density at radius 3 is 2.35 bits per heavy atom. The number of carboxylic acids is 1.